The van der Waals surface area contributed by atoms with Crippen LogP contribution in [0, 0.1) is 0 Å². The molecule has 3 heteroatoms. The number of furan rings is 1. The van der Waals surface area contributed by atoms with Crippen LogP contribution in [0.15, 0.2) is 41.0 Å². The number of aliphatic hydroxyl groups excluding tert-OH is 1. The van der Waals surface area contributed by atoms with E-state index in [9.17, 15) is 5.11 Å². The van der Waals surface area contributed by atoms with Crippen LogP contribution in [0.3, 0.4) is 0 Å². The first-order chi connectivity index (χ1) is 7.65. The van der Waals surface area contributed by atoms with Crippen LogP contribution in [0.5, 0.6) is 0 Å². The van der Waals surface area contributed by atoms with Gasteiger partial charge in [0, 0.05) is 11.1 Å². The predicted molar refractivity (Wildman–Crippen MR) is 65.7 cm³/mol. The maximum atomic E-state index is 9.94. The van der Waals surface area contributed by atoms with Gasteiger partial charge in [-0.05, 0) is 19.1 Å². The van der Waals surface area contributed by atoms with Gasteiger partial charge in [-0.3, -0.25) is 0 Å². The van der Waals surface area contributed by atoms with Crippen LogP contribution in [-0.2, 0) is 0 Å². The highest BCUT2D eigenvalue weighted by Crippen LogP contribution is 2.31. The van der Waals surface area contributed by atoms with Crippen LogP contribution < -0.4 is 5.73 Å². The Kier molecular flexibility index (Phi) is 2.44. The van der Waals surface area contributed by atoms with E-state index in [1.54, 1.807) is 13.0 Å². The summed E-state index contributed by atoms with van der Waals surface area (Å²) in [7, 11) is 0. The van der Waals surface area contributed by atoms with Crippen LogP contribution in [-0.4, -0.2) is 5.11 Å². The number of hydrogen-bond donors (Lipinski definition) is 2. The van der Waals surface area contributed by atoms with Gasteiger partial charge >= 0.3 is 0 Å². The summed E-state index contributed by atoms with van der Waals surface area (Å²) >= 11 is 0. The van der Waals surface area contributed by atoms with E-state index >= 15 is 0 Å². The van der Waals surface area contributed by atoms with E-state index in [0.29, 0.717) is 22.6 Å². The minimum Gasteiger partial charge on any atom is -0.505 e. The quantitative estimate of drug-likeness (QED) is 0.756. The van der Waals surface area contributed by atoms with Crippen LogP contribution in [0.1, 0.15) is 18.2 Å². The SMILES string of the molecule is C=Cc1oc2ccccc2c1/C(O)=C(\C)N. The molecule has 0 unspecified atom stereocenters. The molecule has 16 heavy (non-hydrogen) atoms. The smallest absolute Gasteiger partial charge is 0.145 e. The third-order valence-electron chi connectivity index (χ3n) is 2.42. The second-order valence-electron chi connectivity index (χ2n) is 3.57. The summed E-state index contributed by atoms with van der Waals surface area (Å²) in [4.78, 5) is 0. The van der Waals surface area contributed by atoms with Crippen molar-refractivity contribution in [2.75, 3.05) is 0 Å². The lowest BCUT2D eigenvalue weighted by atomic mass is 10.1. The molecule has 0 amide bonds. The molecule has 3 N–H and O–H groups in total. The molecular formula is C13H13NO2. The van der Waals surface area contributed by atoms with Crippen LogP contribution in [0.2, 0.25) is 0 Å². The maximum absolute atomic E-state index is 9.94. The summed E-state index contributed by atoms with van der Waals surface area (Å²) in [6.45, 7) is 5.30. The Morgan fingerprint density at radius 3 is 2.75 bits per heavy atom. The summed E-state index contributed by atoms with van der Waals surface area (Å²) in [5.41, 5.74) is 7.26. The van der Waals surface area contributed by atoms with E-state index in [4.69, 9.17) is 10.2 Å². The predicted octanol–water partition coefficient (Wildman–Crippen LogP) is 3.28. The van der Waals surface area contributed by atoms with Crippen molar-refractivity contribution in [2.45, 2.75) is 6.92 Å². The second-order valence-corrected chi connectivity index (χ2v) is 3.57. The Morgan fingerprint density at radius 1 is 1.44 bits per heavy atom. The first kappa shape index (κ1) is 10.4. The summed E-state index contributed by atoms with van der Waals surface area (Å²) < 4.78 is 5.55. The number of aliphatic hydroxyl groups is 1. The number of rotatable bonds is 2. The number of hydrogen-bond acceptors (Lipinski definition) is 3. The number of fused-ring (bicyclic) bond motifs is 1. The molecule has 0 spiro atoms. The van der Waals surface area contributed by atoms with Gasteiger partial charge < -0.3 is 15.3 Å². The van der Waals surface area contributed by atoms with E-state index < -0.39 is 0 Å². The Balaban J connectivity index is 2.85. The molecule has 82 valence electrons. The van der Waals surface area contributed by atoms with Crippen molar-refractivity contribution in [3.63, 3.8) is 0 Å². The summed E-state index contributed by atoms with van der Waals surface area (Å²) in [5, 5.41) is 10.8. The van der Waals surface area contributed by atoms with Gasteiger partial charge in [-0.1, -0.05) is 24.8 Å². The highest BCUT2D eigenvalue weighted by molar-refractivity contribution is 5.93. The Morgan fingerprint density at radius 2 is 2.12 bits per heavy atom. The number of allylic oxidation sites excluding steroid dienone is 1. The molecule has 0 saturated carbocycles. The normalized spacial score (nSPS) is 12.6. The molecule has 0 fully saturated rings. The number of para-hydroxylation sites is 1. The molecule has 0 bridgehead atoms. The molecule has 2 rings (SSSR count). The lowest BCUT2D eigenvalue weighted by molar-refractivity contribution is 0.502. The van der Waals surface area contributed by atoms with Gasteiger partial charge in [-0.25, -0.2) is 0 Å². The third kappa shape index (κ3) is 1.46. The first-order valence-electron chi connectivity index (χ1n) is 4.94. The highest BCUT2D eigenvalue weighted by atomic mass is 16.3. The van der Waals surface area contributed by atoms with Crippen LogP contribution in [0.25, 0.3) is 22.8 Å². The van der Waals surface area contributed by atoms with Crippen molar-refractivity contribution in [1.82, 2.24) is 0 Å². The molecule has 3 nitrogen and oxygen atoms in total. The van der Waals surface area contributed by atoms with Crippen molar-refractivity contribution >= 4 is 22.8 Å². The molecular weight excluding hydrogens is 202 g/mol. The Bertz CT molecular complexity index is 575. The molecule has 1 heterocycles. The molecule has 0 aliphatic heterocycles. The summed E-state index contributed by atoms with van der Waals surface area (Å²) in [6, 6.07) is 7.47. The van der Waals surface area contributed by atoms with Gasteiger partial charge in [0.1, 0.15) is 17.1 Å². The van der Waals surface area contributed by atoms with Crippen molar-refractivity contribution < 1.29 is 9.52 Å². The lowest BCUT2D eigenvalue weighted by Crippen LogP contribution is -1.97. The van der Waals surface area contributed by atoms with Crippen molar-refractivity contribution in [2.24, 2.45) is 5.73 Å². The van der Waals surface area contributed by atoms with E-state index in [1.807, 2.05) is 24.3 Å². The minimum absolute atomic E-state index is 0.0415. The zero-order valence-electron chi connectivity index (χ0n) is 9.03. The fourth-order valence-corrected chi connectivity index (χ4v) is 1.65. The first-order valence-corrected chi connectivity index (χ1v) is 4.94. The molecule has 0 atom stereocenters. The standard InChI is InChI=1S/C13H13NO2/c1-3-10-12(13(15)8(2)14)9-6-4-5-7-11(9)16-10/h3-7,15H,1,14H2,2H3/b13-8-. The van der Waals surface area contributed by atoms with Crippen molar-refractivity contribution in [3.8, 4) is 0 Å². The molecule has 2 aromatic rings. The number of nitrogens with two attached hydrogens (primary N) is 1. The third-order valence-corrected chi connectivity index (χ3v) is 2.42. The fraction of sp³-hybridized carbons (Fsp3) is 0.0769. The number of benzene rings is 1. The topological polar surface area (TPSA) is 59.4 Å². The summed E-state index contributed by atoms with van der Waals surface area (Å²) in [6.07, 6.45) is 1.56. The van der Waals surface area contributed by atoms with Gasteiger partial charge in [-0.2, -0.15) is 0 Å². The average Bonchev–Trinajstić information content (AvgIpc) is 2.66. The highest BCUT2D eigenvalue weighted by Gasteiger charge is 2.16. The van der Waals surface area contributed by atoms with E-state index in [1.165, 1.54) is 0 Å². The van der Waals surface area contributed by atoms with Gasteiger partial charge in [0.05, 0.1) is 5.56 Å². The van der Waals surface area contributed by atoms with E-state index in [-0.39, 0.29) is 5.76 Å². The monoisotopic (exact) mass is 215 g/mol. The Labute approximate surface area is 93.5 Å². The van der Waals surface area contributed by atoms with E-state index in [0.717, 1.165) is 5.39 Å². The lowest BCUT2D eigenvalue weighted by Gasteiger charge is -2.01. The van der Waals surface area contributed by atoms with Gasteiger partial charge in [0.2, 0.25) is 0 Å². The summed E-state index contributed by atoms with van der Waals surface area (Å²) in [5.74, 6) is 0.573. The van der Waals surface area contributed by atoms with Crippen molar-refractivity contribution in [3.05, 3.63) is 47.9 Å². The van der Waals surface area contributed by atoms with Gasteiger partial charge in [0.15, 0.2) is 0 Å². The fourth-order valence-electron chi connectivity index (χ4n) is 1.65. The maximum Gasteiger partial charge on any atom is 0.145 e. The zero-order valence-corrected chi connectivity index (χ0v) is 9.03. The average molecular weight is 215 g/mol. The Hall–Kier alpha value is -2.16. The van der Waals surface area contributed by atoms with Gasteiger partial charge in [0.25, 0.3) is 0 Å². The molecule has 1 aromatic heterocycles. The molecule has 0 radical (unpaired) electrons. The largest absolute Gasteiger partial charge is 0.505 e. The van der Waals surface area contributed by atoms with E-state index in [2.05, 4.69) is 6.58 Å². The minimum atomic E-state index is 0.0415. The molecule has 0 aliphatic carbocycles. The van der Waals surface area contributed by atoms with Crippen LogP contribution >= 0.6 is 0 Å². The van der Waals surface area contributed by atoms with Crippen LogP contribution in [0.4, 0.5) is 0 Å². The molecule has 0 saturated heterocycles. The van der Waals surface area contributed by atoms with Gasteiger partial charge in [-0.15, -0.1) is 0 Å². The zero-order chi connectivity index (χ0) is 11.7. The molecule has 0 aliphatic rings. The second kappa shape index (κ2) is 3.77. The van der Waals surface area contributed by atoms with Crippen molar-refractivity contribution in [1.29, 1.82) is 0 Å². The molecule has 1 aromatic carbocycles.